The van der Waals surface area contributed by atoms with Gasteiger partial charge >= 0.3 is 6.03 Å². The molecule has 0 bridgehead atoms. The van der Waals surface area contributed by atoms with E-state index in [0.29, 0.717) is 24.0 Å². The topological polar surface area (TPSA) is 37.3 Å². The molecule has 0 aliphatic carbocycles. The van der Waals surface area contributed by atoms with Gasteiger partial charge < -0.3 is 14.8 Å². The Kier molecular flexibility index (Phi) is 5.63. The van der Waals surface area contributed by atoms with Crippen LogP contribution in [0.4, 0.5) is 4.79 Å². The van der Waals surface area contributed by atoms with Gasteiger partial charge in [0.05, 0.1) is 18.3 Å². The number of aromatic nitrogens is 1. The summed E-state index contributed by atoms with van der Waals surface area (Å²) in [5.74, 6) is 0.543. The number of benzene rings is 2. The summed E-state index contributed by atoms with van der Waals surface area (Å²) in [6, 6.07) is 19.9. The van der Waals surface area contributed by atoms with E-state index >= 15 is 0 Å². The normalized spacial score (nSPS) is 15.6. The molecule has 1 atom stereocenters. The summed E-state index contributed by atoms with van der Waals surface area (Å²) in [6.07, 6.45) is 3.01. The van der Waals surface area contributed by atoms with E-state index in [4.69, 9.17) is 11.6 Å². The third-order valence-corrected chi connectivity index (χ3v) is 5.62. The Hall–Kier alpha value is -2.72. The van der Waals surface area contributed by atoms with Crippen LogP contribution in [0, 0.1) is 5.92 Å². The van der Waals surface area contributed by atoms with E-state index in [0.717, 1.165) is 28.9 Å². The lowest BCUT2D eigenvalue weighted by Gasteiger charge is -2.31. The van der Waals surface area contributed by atoms with Crippen LogP contribution in [0.1, 0.15) is 43.1 Å². The van der Waals surface area contributed by atoms with Gasteiger partial charge in [0.2, 0.25) is 0 Å². The Morgan fingerprint density at radius 3 is 2.76 bits per heavy atom. The second-order valence-corrected chi connectivity index (χ2v) is 8.37. The number of para-hydroxylation sites is 1. The molecule has 5 heteroatoms. The molecule has 2 aromatic carbocycles. The third kappa shape index (κ3) is 4.03. The molecule has 4 nitrogen and oxygen atoms in total. The molecule has 0 spiro atoms. The van der Waals surface area contributed by atoms with Gasteiger partial charge in [-0.25, -0.2) is 4.79 Å². The first kappa shape index (κ1) is 19.6. The molecule has 0 saturated heterocycles. The van der Waals surface area contributed by atoms with E-state index in [1.165, 1.54) is 0 Å². The minimum Gasteiger partial charge on any atom is -0.338 e. The van der Waals surface area contributed by atoms with Gasteiger partial charge in [0.15, 0.2) is 0 Å². The van der Waals surface area contributed by atoms with Crippen LogP contribution in [-0.4, -0.2) is 22.0 Å². The summed E-state index contributed by atoms with van der Waals surface area (Å²) in [5, 5.41) is 3.79. The minimum absolute atomic E-state index is 0.0555. The van der Waals surface area contributed by atoms with Crippen molar-refractivity contribution in [3.05, 3.63) is 88.7 Å². The van der Waals surface area contributed by atoms with Crippen LogP contribution in [0.2, 0.25) is 5.02 Å². The molecule has 3 aromatic rings. The Morgan fingerprint density at radius 1 is 1.14 bits per heavy atom. The molecule has 2 heterocycles. The Morgan fingerprint density at radius 2 is 1.97 bits per heavy atom. The van der Waals surface area contributed by atoms with Crippen molar-refractivity contribution < 1.29 is 4.79 Å². The summed E-state index contributed by atoms with van der Waals surface area (Å²) < 4.78 is 2.18. The molecule has 4 rings (SSSR count). The number of fused-ring (bicyclic) bond motifs is 3. The molecule has 1 aromatic heterocycles. The summed E-state index contributed by atoms with van der Waals surface area (Å²) in [5.41, 5.74) is 4.28. The van der Waals surface area contributed by atoms with Crippen LogP contribution in [0.3, 0.4) is 0 Å². The van der Waals surface area contributed by atoms with Crippen molar-refractivity contribution in [2.45, 2.75) is 32.9 Å². The number of hydrogen-bond donors (Lipinski definition) is 1. The zero-order valence-electron chi connectivity index (χ0n) is 16.8. The molecule has 1 N–H and O–H groups in total. The molecule has 0 saturated carbocycles. The van der Waals surface area contributed by atoms with E-state index < -0.39 is 0 Å². The lowest BCUT2D eigenvalue weighted by molar-refractivity contribution is 0.180. The van der Waals surface area contributed by atoms with E-state index in [-0.39, 0.29) is 12.1 Å². The van der Waals surface area contributed by atoms with Gasteiger partial charge in [-0.05, 0) is 53.8 Å². The number of nitrogens with one attached hydrogen (secondary N) is 1. The number of carbonyl (C=O) groups is 1. The van der Waals surface area contributed by atoms with E-state index in [2.05, 4.69) is 48.1 Å². The molecular weight excluding hydrogens is 382 g/mol. The number of carbonyl (C=O) groups excluding carboxylic acids is 1. The predicted molar refractivity (Wildman–Crippen MR) is 117 cm³/mol. The van der Waals surface area contributed by atoms with Crippen molar-refractivity contribution in [3.8, 4) is 5.69 Å². The maximum absolute atomic E-state index is 13.3. The fourth-order valence-electron chi connectivity index (χ4n) is 3.94. The minimum atomic E-state index is -0.227. The molecule has 1 aliphatic rings. The predicted octanol–water partition coefficient (Wildman–Crippen LogP) is 5.79. The van der Waals surface area contributed by atoms with Crippen molar-refractivity contribution in [2.75, 3.05) is 6.54 Å². The SMILES string of the molecule is CC(C)CCNC(=O)N1Cc2ccccc2-n2cccc2[C@@H]1c1cccc(Cl)c1. The lowest BCUT2D eigenvalue weighted by atomic mass is 10.0. The first-order valence-corrected chi connectivity index (χ1v) is 10.5. The standard InChI is InChI=1S/C24H26ClN3O/c1-17(2)12-13-26-24(29)28-16-19-7-3-4-10-21(19)27-14-6-11-22(27)23(28)18-8-5-9-20(25)15-18/h3-11,14-15,17,23H,12-13,16H2,1-2H3,(H,26,29)/t23-/m0/s1. The van der Waals surface area contributed by atoms with E-state index in [9.17, 15) is 4.79 Å². The second kappa shape index (κ2) is 8.34. The van der Waals surface area contributed by atoms with Gasteiger partial charge in [0.1, 0.15) is 0 Å². The molecule has 0 unspecified atom stereocenters. The maximum atomic E-state index is 13.3. The number of urea groups is 1. The van der Waals surface area contributed by atoms with Gasteiger partial charge in [-0.3, -0.25) is 0 Å². The van der Waals surface area contributed by atoms with Crippen LogP contribution in [0.5, 0.6) is 0 Å². The number of halogens is 1. The van der Waals surface area contributed by atoms with Gasteiger partial charge in [-0.15, -0.1) is 0 Å². The molecule has 0 radical (unpaired) electrons. The van der Waals surface area contributed by atoms with Crippen molar-refractivity contribution >= 4 is 17.6 Å². The van der Waals surface area contributed by atoms with Crippen LogP contribution < -0.4 is 5.32 Å². The summed E-state index contributed by atoms with van der Waals surface area (Å²) in [4.78, 5) is 15.2. The average Bonchev–Trinajstić information content (AvgIpc) is 3.11. The number of hydrogen-bond acceptors (Lipinski definition) is 1. The number of nitrogens with zero attached hydrogens (tertiary/aromatic N) is 2. The molecule has 29 heavy (non-hydrogen) atoms. The molecular formula is C24H26ClN3O. The van der Waals surface area contributed by atoms with Gasteiger partial charge in [0.25, 0.3) is 0 Å². The summed E-state index contributed by atoms with van der Waals surface area (Å²) in [6.45, 7) is 5.52. The highest BCUT2D eigenvalue weighted by Crippen LogP contribution is 2.37. The Balaban J connectivity index is 1.79. The summed E-state index contributed by atoms with van der Waals surface area (Å²) >= 11 is 6.31. The first-order chi connectivity index (χ1) is 14.0. The van der Waals surface area contributed by atoms with Crippen molar-refractivity contribution in [3.63, 3.8) is 0 Å². The van der Waals surface area contributed by atoms with E-state index in [1.54, 1.807) is 0 Å². The number of amides is 2. The third-order valence-electron chi connectivity index (χ3n) is 5.39. The highest BCUT2D eigenvalue weighted by atomic mass is 35.5. The van der Waals surface area contributed by atoms with Gasteiger partial charge in [-0.1, -0.05) is 55.8 Å². The second-order valence-electron chi connectivity index (χ2n) is 7.93. The molecule has 150 valence electrons. The Labute approximate surface area is 177 Å². The largest absolute Gasteiger partial charge is 0.338 e. The van der Waals surface area contributed by atoms with Crippen LogP contribution >= 0.6 is 11.6 Å². The van der Waals surface area contributed by atoms with Crippen LogP contribution in [0.25, 0.3) is 5.69 Å². The quantitative estimate of drug-likeness (QED) is 0.583. The van der Waals surface area contributed by atoms with Gasteiger partial charge in [0, 0.05) is 23.5 Å². The van der Waals surface area contributed by atoms with Crippen molar-refractivity contribution in [2.24, 2.45) is 5.92 Å². The highest BCUT2D eigenvalue weighted by Gasteiger charge is 2.32. The first-order valence-electron chi connectivity index (χ1n) is 10.1. The maximum Gasteiger partial charge on any atom is 0.318 e. The molecule has 2 amide bonds. The van der Waals surface area contributed by atoms with Crippen LogP contribution in [0.15, 0.2) is 66.9 Å². The lowest BCUT2D eigenvalue weighted by Crippen LogP contribution is -2.42. The van der Waals surface area contributed by atoms with E-state index in [1.807, 2.05) is 47.4 Å². The van der Waals surface area contributed by atoms with Crippen LogP contribution in [-0.2, 0) is 6.54 Å². The molecule has 1 aliphatic heterocycles. The molecule has 0 fully saturated rings. The van der Waals surface area contributed by atoms with Gasteiger partial charge in [-0.2, -0.15) is 0 Å². The smallest absolute Gasteiger partial charge is 0.318 e. The Bertz CT molecular complexity index is 1010. The average molecular weight is 408 g/mol. The number of rotatable bonds is 4. The van der Waals surface area contributed by atoms with Crippen molar-refractivity contribution in [1.29, 1.82) is 0 Å². The zero-order chi connectivity index (χ0) is 20.4. The van der Waals surface area contributed by atoms with Crippen molar-refractivity contribution in [1.82, 2.24) is 14.8 Å². The monoisotopic (exact) mass is 407 g/mol. The summed E-state index contributed by atoms with van der Waals surface area (Å²) in [7, 11) is 0. The zero-order valence-corrected chi connectivity index (χ0v) is 17.6. The highest BCUT2D eigenvalue weighted by molar-refractivity contribution is 6.30. The fraction of sp³-hybridized carbons (Fsp3) is 0.292. The fourth-order valence-corrected chi connectivity index (χ4v) is 4.13.